The minimum Gasteiger partial charge on any atom is -0.504 e. The van der Waals surface area contributed by atoms with Crippen molar-refractivity contribution in [2.24, 2.45) is 5.10 Å². The van der Waals surface area contributed by atoms with Crippen LogP contribution >= 0.6 is 22.7 Å². The van der Waals surface area contributed by atoms with E-state index in [1.807, 2.05) is 0 Å². The van der Waals surface area contributed by atoms with E-state index in [-0.39, 0.29) is 32.0 Å². The van der Waals surface area contributed by atoms with Gasteiger partial charge in [0.1, 0.15) is 16.3 Å². The summed E-state index contributed by atoms with van der Waals surface area (Å²) in [5.74, 6) is -2.31. The molecule has 0 saturated carbocycles. The summed E-state index contributed by atoms with van der Waals surface area (Å²) in [7, 11) is 1.58. The third-order valence-electron chi connectivity index (χ3n) is 5.02. The Balaban J connectivity index is 0.000000371. The Kier molecular flexibility index (Phi) is 9.74. The fourth-order valence-electron chi connectivity index (χ4n) is 3.15. The molecule has 2 amide bonds. The first kappa shape index (κ1) is 30.0. The Morgan fingerprint density at radius 1 is 1.05 bits per heavy atom. The highest BCUT2D eigenvalue weighted by Gasteiger charge is 2.30. The lowest BCUT2D eigenvalue weighted by Crippen LogP contribution is -2.24. The third kappa shape index (κ3) is 7.09. The minimum absolute atomic E-state index is 0.0289. The molecule has 1 aromatic carbocycles. The molecule has 0 unspecified atom stereocenters. The standard InChI is InChI=1S/C19H13F3N2O4S2.C7H8N2O/c1-2-23-24(17(26)13-7-8-14(30-13)18(27)28)12-9-29-16(15(12)25)10-3-5-11(6-4-10)19(20,21)22;1-8-7(10)6-4-2-3-5-9-6/h2-9,25H,1H3,(H,27,28);2-5H,1H3,(H,8,10). The van der Waals surface area contributed by atoms with E-state index in [1.165, 1.54) is 35.9 Å². The molecule has 0 radical (unpaired) electrons. The number of aromatic carboxylic acids is 1. The summed E-state index contributed by atoms with van der Waals surface area (Å²) in [6.45, 7) is 1.55. The number of nitrogens with zero attached hydrogens (tertiary/aromatic N) is 3. The molecule has 3 aromatic heterocycles. The predicted octanol–water partition coefficient (Wildman–Crippen LogP) is 5.99. The molecule has 0 aliphatic heterocycles. The number of hydrogen-bond acceptors (Lipinski definition) is 8. The number of aromatic hydroxyl groups is 1. The molecular weight excluding hydrogens is 569 g/mol. The number of carbonyl (C=O) groups excluding carboxylic acids is 2. The van der Waals surface area contributed by atoms with Crippen molar-refractivity contribution in [2.45, 2.75) is 13.1 Å². The van der Waals surface area contributed by atoms with Crippen LogP contribution in [0.5, 0.6) is 5.75 Å². The van der Waals surface area contributed by atoms with Crippen molar-refractivity contribution < 1.29 is 37.8 Å². The highest BCUT2D eigenvalue weighted by atomic mass is 32.1. The zero-order chi connectivity index (χ0) is 29.4. The van der Waals surface area contributed by atoms with Gasteiger partial charge in [0, 0.05) is 24.8 Å². The second kappa shape index (κ2) is 13.0. The van der Waals surface area contributed by atoms with Crippen LogP contribution in [0.1, 0.15) is 42.3 Å². The Labute approximate surface area is 233 Å². The zero-order valence-corrected chi connectivity index (χ0v) is 22.5. The maximum atomic E-state index is 12.8. The van der Waals surface area contributed by atoms with E-state index in [4.69, 9.17) is 5.11 Å². The number of carboxylic acids is 1. The van der Waals surface area contributed by atoms with Crippen LogP contribution in [0.4, 0.5) is 18.9 Å². The number of carbonyl (C=O) groups is 3. The van der Waals surface area contributed by atoms with Gasteiger partial charge in [-0.2, -0.15) is 23.3 Å². The van der Waals surface area contributed by atoms with Gasteiger partial charge in [-0.3, -0.25) is 14.6 Å². The van der Waals surface area contributed by atoms with Crippen molar-refractivity contribution >= 4 is 52.4 Å². The molecule has 40 heavy (non-hydrogen) atoms. The van der Waals surface area contributed by atoms with Crippen LogP contribution in [0.15, 0.2) is 71.3 Å². The van der Waals surface area contributed by atoms with E-state index >= 15 is 0 Å². The van der Waals surface area contributed by atoms with Gasteiger partial charge in [-0.25, -0.2) is 4.79 Å². The zero-order valence-electron chi connectivity index (χ0n) is 20.8. The molecule has 0 atom stereocenters. The first-order chi connectivity index (χ1) is 19.0. The van der Waals surface area contributed by atoms with Crippen molar-refractivity contribution in [3.8, 4) is 16.2 Å². The fourth-order valence-corrected chi connectivity index (χ4v) is 4.84. The molecular formula is C26H21F3N4O5S2. The van der Waals surface area contributed by atoms with Gasteiger partial charge in [-0.05, 0) is 48.9 Å². The van der Waals surface area contributed by atoms with Gasteiger partial charge in [0.05, 0.1) is 15.3 Å². The van der Waals surface area contributed by atoms with E-state index in [2.05, 4.69) is 15.4 Å². The average Bonchev–Trinajstić information content (AvgIpc) is 3.59. The molecule has 14 heteroatoms. The summed E-state index contributed by atoms with van der Waals surface area (Å²) in [6, 6.07) is 12.1. The molecule has 0 fully saturated rings. The number of hydrazone groups is 1. The molecule has 0 aliphatic carbocycles. The lowest BCUT2D eigenvalue weighted by Gasteiger charge is -2.15. The second-order valence-corrected chi connectivity index (χ2v) is 9.59. The number of pyridine rings is 1. The van der Waals surface area contributed by atoms with Crippen LogP contribution in [-0.2, 0) is 6.18 Å². The number of benzene rings is 1. The number of anilines is 1. The SMILES string of the molecule is CC=NN(C(=O)c1ccc(C(=O)O)s1)c1csc(-c2ccc(C(F)(F)F)cc2)c1O.CNC(=O)c1ccccn1. The van der Waals surface area contributed by atoms with Gasteiger partial charge in [0.25, 0.3) is 11.8 Å². The highest BCUT2D eigenvalue weighted by Crippen LogP contribution is 2.44. The van der Waals surface area contributed by atoms with Gasteiger partial charge < -0.3 is 15.5 Å². The summed E-state index contributed by atoms with van der Waals surface area (Å²) in [4.78, 5) is 38.9. The quantitative estimate of drug-likeness (QED) is 0.187. The number of hydrogen-bond donors (Lipinski definition) is 3. The van der Waals surface area contributed by atoms with Crippen LogP contribution in [0, 0.1) is 0 Å². The molecule has 9 nitrogen and oxygen atoms in total. The van der Waals surface area contributed by atoms with Crippen molar-refractivity contribution in [1.82, 2.24) is 10.3 Å². The first-order valence-corrected chi connectivity index (χ1v) is 12.9. The van der Waals surface area contributed by atoms with Crippen LogP contribution in [0.2, 0.25) is 0 Å². The Hall–Kier alpha value is -4.56. The van der Waals surface area contributed by atoms with Crippen LogP contribution in [0.25, 0.3) is 10.4 Å². The smallest absolute Gasteiger partial charge is 0.416 e. The Bertz CT molecular complexity index is 1520. The lowest BCUT2D eigenvalue weighted by molar-refractivity contribution is -0.137. The summed E-state index contributed by atoms with van der Waals surface area (Å²) < 4.78 is 38.3. The lowest BCUT2D eigenvalue weighted by atomic mass is 10.1. The number of thiophene rings is 2. The fraction of sp³-hybridized carbons (Fsp3) is 0.115. The predicted molar refractivity (Wildman–Crippen MR) is 146 cm³/mol. The molecule has 4 aromatic rings. The monoisotopic (exact) mass is 590 g/mol. The van der Waals surface area contributed by atoms with Crippen LogP contribution in [-0.4, -0.2) is 46.2 Å². The molecule has 3 N–H and O–H groups in total. The van der Waals surface area contributed by atoms with Gasteiger partial charge in [-0.1, -0.05) is 18.2 Å². The molecule has 0 saturated heterocycles. The van der Waals surface area contributed by atoms with E-state index in [9.17, 15) is 32.7 Å². The minimum atomic E-state index is -4.48. The molecule has 4 rings (SSSR count). The molecule has 0 bridgehead atoms. The van der Waals surface area contributed by atoms with E-state index in [1.54, 1.807) is 38.4 Å². The summed E-state index contributed by atoms with van der Waals surface area (Å²) >= 11 is 1.79. The number of aromatic nitrogens is 1. The van der Waals surface area contributed by atoms with Gasteiger partial charge in [0.2, 0.25) is 0 Å². The third-order valence-corrected chi connectivity index (χ3v) is 7.09. The highest BCUT2D eigenvalue weighted by molar-refractivity contribution is 7.16. The average molecular weight is 591 g/mol. The van der Waals surface area contributed by atoms with Gasteiger partial charge in [-0.15, -0.1) is 22.7 Å². The molecule has 3 heterocycles. The Morgan fingerprint density at radius 3 is 2.25 bits per heavy atom. The maximum absolute atomic E-state index is 12.8. The Morgan fingerprint density at radius 2 is 1.73 bits per heavy atom. The summed E-state index contributed by atoms with van der Waals surface area (Å²) in [6.07, 6.45) is -1.57. The largest absolute Gasteiger partial charge is 0.504 e. The van der Waals surface area contributed by atoms with Gasteiger partial charge >= 0.3 is 12.1 Å². The van der Waals surface area contributed by atoms with E-state index in [0.717, 1.165) is 39.8 Å². The molecule has 0 spiro atoms. The van der Waals surface area contributed by atoms with Crippen LogP contribution < -0.4 is 10.3 Å². The van der Waals surface area contributed by atoms with Crippen LogP contribution in [0.3, 0.4) is 0 Å². The molecule has 0 aliphatic rings. The van der Waals surface area contributed by atoms with Gasteiger partial charge in [0.15, 0.2) is 5.75 Å². The van der Waals surface area contributed by atoms with Crippen molar-refractivity contribution in [3.05, 3.63) is 87.2 Å². The maximum Gasteiger partial charge on any atom is 0.416 e. The second-order valence-electron chi connectivity index (χ2n) is 7.63. The number of nitrogens with one attached hydrogen (secondary N) is 1. The van der Waals surface area contributed by atoms with E-state index < -0.39 is 23.6 Å². The number of amides is 2. The molecule has 208 valence electrons. The number of alkyl halides is 3. The normalized spacial score (nSPS) is 11.0. The number of halogens is 3. The summed E-state index contributed by atoms with van der Waals surface area (Å²) in [5, 5.41) is 28.4. The summed E-state index contributed by atoms with van der Waals surface area (Å²) in [5.41, 5.74) is 0.00373. The van der Waals surface area contributed by atoms with E-state index in [0.29, 0.717) is 11.3 Å². The van der Waals surface area contributed by atoms with Crippen molar-refractivity contribution in [2.75, 3.05) is 12.1 Å². The van der Waals surface area contributed by atoms with Crippen molar-refractivity contribution in [3.63, 3.8) is 0 Å². The first-order valence-electron chi connectivity index (χ1n) is 11.2. The number of carboxylic acid groups (broad SMARTS) is 1. The topological polar surface area (TPSA) is 132 Å². The number of rotatable bonds is 6. The van der Waals surface area contributed by atoms with Crippen molar-refractivity contribution in [1.29, 1.82) is 0 Å².